The summed E-state index contributed by atoms with van der Waals surface area (Å²) in [7, 11) is 0. The first-order chi connectivity index (χ1) is 7.40. The molecule has 0 aromatic heterocycles. The van der Waals surface area contributed by atoms with E-state index in [0.717, 1.165) is 0 Å². The van der Waals surface area contributed by atoms with E-state index in [1.54, 1.807) is 6.92 Å². The van der Waals surface area contributed by atoms with Crippen LogP contribution in [0.15, 0.2) is 0 Å². The van der Waals surface area contributed by atoms with Crippen molar-refractivity contribution in [3.8, 4) is 0 Å². The topological polar surface area (TPSA) is 104 Å². The van der Waals surface area contributed by atoms with Crippen LogP contribution in [0.25, 0.3) is 0 Å². The number of aliphatic hydroxyl groups excluding tert-OH is 1. The molecule has 0 fully saturated rings. The van der Waals surface area contributed by atoms with Gasteiger partial charge in [0, 0.05) is 5.54 Å². The normalized spacial score (nSPS) is 13.2. The van der Waals surface area contributed by atoms with Gasteiger partial charge in [-0.25, -0.2) is 4.79 Å². The number of nitrogens with one attached hydrogen (secondary N) is 2. The number of nitrogens with two attached hydrogens (primary N) is 1. The molecule has 0 heterocycles. The Morgan fingerprint density at radius 1 is 1.38 bits per heavy atom. The summed E-state index contributed by atoms with van der Waals surface area (Å²) in [6, 6.07) is -1.46. The average Bonchev–Trinajstić information content (AvgIpc) is 2.25. The Kier molecular flexibility index (Phi) is 5.98. The van der Waals surface area contributed by atoms with E-state index in [9.17, 15) is 14.7 Å². The van der Waals surface area contributed by atoms with Gasteiger partial charge in [-0.3, -0.25) is 15.4 Å². The van der Waals surface area contributed by atoms with E-state index in [1.165, 1.54) is 0 Å². The number of urea groups is 1. The number of carbonyl (C=O) groups excluding carboxylic acids is 2. The maximum Gasteiger partial charge on any atom is 0.318 e. The van der Waals surface area contributed by atoms with Crippen LogP contribution >= 0.6 is 0 Å². The highest BCUT2D eigenvalue weighted by Crippen LogP contribution is 2.14. The number of rotatable bonds is 6. The summed E-state index contributed by atoms with van der Waals surface area (Å²) in [6.07, 6.45) is 1.38. The van der Waals surface area contributed by atoms with Crippen molar-refractivity contribution in [1.29, 1.82) is 0 Å². The standard InChI is InChI=1S/C10H21N3O3/c1-4-10(5-2,6-14)13-7(3)8(15)12-9(11)16/h7,13-14H,4-6H2,1-3H3,(H3,11,12,15,16). The van der Waals surface area contributed by atoms with Gasteiger partial charge >= 0.3 is 6.03 Å². The third-order valence-corrected chi connectivity index (χ3v) is 2.82. The second kappa shape index (κ2) is 6.44. The summed E-state index contributed by atoms with van der Waals surface area (Å²) in [5.41, 5.74) is 4.35. The minimum Gasteiger partial charge on any atom is -0.394 e. The lowest BCUT2D eigenvalue weighted by molar-refractivity contribution is -0.122. The molecule has 0 aliphatic rings. The van der Waals surface area contributed by atoms with Crippen molar-refractivity contribution in [3.05, 3.63) is 0 Å². The monoisotopic (exact) mass is 231 g/mol. The largest absolute Gasteiger partial charge is 0.394 e. The lowest BCUT2D eigenvalue weighted by Gasteiger charge is -2.33. The highest BCUT2D eigenvalue weighted by molar-refractivity contribution is 5.96. The van der Waals surface area contributed by atoms with Crippen molar-refractivity contribution < 1.29 is 14.7 Å². The number of imide groups is 1. The lowest BCUT2D eigenvalue weighted by Crippen LogP contribution is -2.57. The third-order valence-electron chi connectivity index (χ3n) is 2.82. The van der Waals surface area contributed by atoms with Crippen LogP contribution in [0, 0.1) is 0 Å². The molecule has 0 bridgehead atoms. The van der Waals surface area contributed by atoms with Gasteiger partial charge in [0.15, 0.2) is 0 Å². The van der Waals surface area contributed by atoms with Crippen LogP contribution in [0.1, 0.15) is 33.6 Å². The van der Waals surface area contributed by atoms with Crippen molar-refractivity contribution in [2.24, 2.45) is 5.73 Å². The minimum atomic E-state index is -0.874. The fraction of sp³-hybridized carbons (Fsp3) is 0.800. The number of carbonyl (C=O) groups is 2. The summed E-state index contributed by atoms with van der Waals surface area (Å²) in [5, 5.41) is 14.3. The number of hydrogen-bond donors (Lipinski definition) is 4. The zero-order valence-corrected chi connectivity index (χ0v) is 10.0. The third kappa shape index (κ3) is 4.16. The quantitative estimate of drug-likeness (QED) is 0.504. The Hall–Kier alpha value is -1.14. The second-order valence-electron chi connectivity index (χ2n) is 3.87. The van der Waals surface area contributed by atoms with Gasteiger partial charge in [-0.2, -0.15) is 0 Å². The molecule has 0 rings (SSSR count). The molecule has 0 saturated carbocycles. The summed E-state index contributed by atoms with van der Waals surface area (Å²) in [5.74, 6) is -0.493. The number of primary amides is 1. The summed E-state index contributed by atoms with van der Waals surface area (Å²) < 4.78 is 0. The van der Waals surface area contributed by atoms with Gasteiger partial charge in [-0.15, -0.1) is 0 Å². The molecule has 6 nitrogen and oxygen atoms in total. The summed E-state index contributed by atoms with van der Waals surface area (Å²) >= 11 is 0. The van der Waals surface area contributed by atoms with Gasteiger partial charge in [0.2, 0.25) is 5.91 Å². The predicted octanol–water partition coefficient (Wildman–Crippen LogP) is -0.289. The fourth-order valence-corrected chi connectivity index (χ4v) is 1.48. The molecule has 6 heteroatoms. The van der Waals surface area contributed by atoms with Gasteiger partial charge < -0.3 is 10.8 Å². The molecule has 0 aromatic carbocycles. The molecular formula is C10H21N3O3. The Bertz CT molecular complexity index is 243. The molecular weight excluding hydrogens is 210 g/mol. The molecule has 0 saturated heterocycles. The van der Waals surface area contributed by atoms with Crippen molar-refractivity contribution >= 4 is 11.9 Å². The summed E-state index contributed by atoms with van der Waals surface area (Å²) in [4.78, 5) is 21.9. The SMILES string of the molecule is CCC(CC)(CO)NC(C)C(=O)NC(N)=O. The first-order valence-electron chi connectivity index (χ1n) is 5.39. The van der Waals surface area contributed by atoms with Crippen molar-refractivity contribution in [2.45, 2.75) is 45.2 Å². The molecule has 1 atom stereocenters. The van der Waals surface area contributed by atoms with E-state index in [-0.39, 0.29) is 6.61 Å². The molecule has 16 heavy (non-hydrogen) atoms. The smallest absolute Gasteiger partial charge is 0.318 e. The van der Waals surface area contributed by atoms with E-state index in [4.69, 9.17) is 5.73 Å². The molecule has 5 N–H and O–H groups in total. The molecule has 0 radical (unpaired) electrons. The maximum atomic E-state index is 11.4. The highest BCUT2D eigenvalue weighted by Gasteiger charge is 2.29. The van der Waals surface area contributed by atoms with Gasteiger partial charge in [0.05, 0.1) is 12.6 Å². The van der Waals surface area contributed by atoms with Crippen LogP contribution in [0.2, 0.25) is 0 Å². The van der Waals surface area contributed by atoms with Crippen molar-refractivity contribution in [2.75, 3.05) is 6.61 Å². The number of amides is 3. The van der Waals surface area contributed by atoms with Crippen LogP contribution < -0.4 is 16.4 Å². The minimum absolute atomic E-state index is 0.0613. The molecule has 94 valence electrons. The van der Waals surface area contributed by atoms with Crippen molar-refractivity contribution in [1.82, 2.24) is 10.6 Å². The molecule has 0 aliphatic heterocycles. The van der Waals surface area contributed by atoms with Crippen LogP contribution in [-0.2, 0) is 4.79 Å². The van der Waals surface area contributed by atoms with Gasteiger partial charge in [0.25, 0.3) is 0 Å². The zero-order chi connectivity index (χ0) is 12.8. The Morgan fingerprint density at radius 2 is 1.88 bits per heavy atom. The fourth-order valence-electron chi connectivity index (χ4n) is 1.48. The average molecular weight is 231 g/mol. The van der Waals surface area contributed by atoms with Crippen molar-refractivity contribution in [3.63, 3.8) is 0 Å². The van der Waals surface area contributed by atoms with E-state index in [1.807, 2.05) is 19.2 Å². The Morgan fingerprint density at radius 3 is 2.19 bits per heavy atom. The molecule has 0 aromatic rings. The molecule has 0 aliphatic carbocycles. The van der Waals surface area contributed by atoms with E-state index < -0.39 is 23.5 Å². The van der Waals surface area contributed by atoms with Gasteiger partial charge in [-0.05, 0) is 19.8 Å². The first kappa shape index (κ1) is 14.9. The van der Waals surface area contributed by atoms with Gasteiger partial charge in [-0.1, -0.05) is 13.8 Å². The van der Waals surface area contributed by atoms with Crippen LogP contribution in [0.5, 0.6) is 0 Å². The number of aliphatic hydroxyl groups is 1. The zero-order valence-electron chi connectivity index (χ0n) is 10.0. The Balaban J connectivity index is 4.45. The highest BCUT2D eigenvalue weighted by atomic mass is 16.3. The lowest BCUT2D eigenvalue weighted by atomic mass is 9.93. The summed E-state index contributed by atoms with van der Waals surface area (Å²) in [6.45, 7) is 5.40. The molecule has 0 spiro atoms. The van der Waals surface area contributed by atoms with E-state index in [2.05, 4.69) is 5.32 Å². The van der Waals surface area contributed by atoms with Gasteiger partial charge in [0.1, 0.15) is 0 Å². The van der Waals surface area contributed by atoms with E-state index >= 15 is 0 Å². The first-order valence-corrected chi connectivity index (χ1v) is 5.39. The molecule has 1 unspecified atom stereocenters. The maximum absolute atomic E-state index is 11.4. The number of hydrogen-bond acceptors (Lipinski definition) is 4. The predicted molar refractivity (Wildman–Crippen MR) is 60.7 cm³/mol. The second-order valence-corrected chi connectivity index (χ2v) is 3.87. The van der Waals surface area contributed by atoms with Crippen LogP contribution in [0.4, 0.5) is 4.79 Å². The van der Waals surface area contributed by atoms with E-state index in [0.29, 0.717) is 12.8 Å². The molecule has 3 amide bonds. The van der Waals surface area contributed by atoms with Crippen LogP contribution in [-0.4, -0.2) is 35.2 Å². The van der Waals surface area contributed by atoms with Crippen LogP contribution in [0.3, 0.4) is 0 Å². The Labute approximate surface area is 95.6 Å².